The van der Waals surface area contributed by atoms with Gasteiger partial charge in [0.2, 0.25) is 5.91 Å². The number of rotatable bonds is 4. The maximum absolute atomic E-state index is 11.9. The van der Waals surface area contributed by atoms with E-state index in [1.54, 1.807) is 22.8 Å². The van der Waals surface area contributed by atoms with Crippen LogP contribution in [-0.2, 0) is 4.79 Å². The maximum Gasteiger partial charge on any atom is 0.405 e. The standard InChI is InChI=1S/C10H11F3N2O2S/c1-6(8(16)14-5-10(11,12)13)15-9(17)7-3-2-4-18-7/h2-4,6H,5H2,1H3,(H,14,16)(H,15,17). The van der Waals surface area contributed by atoms with Crippen LogP contribution in [0.25, 0.3) is 0 Å². The van der Waals surface area contributed by atoms with Crippen LogP contribution in [0.5, 0.6) is 0 Å². The van der Waals surface area contributed by atoms with Gasteiger partial charge in [-0.25, -0.2) is 0 Å². The van der Waals surface area contributed by atoms with E-state index in [0.717, 1.165) is 0 Å². The second-order valence-corrected chi connectivity index (χ2v) is 4.45. The van der Waals surface area contributed by atoms with E-state index in [2.05, 4.69) is 5.32 Å². The van der Waals surface area contributed by atoms with E-state index < -0.39 is 30.6 Å². The fourth-order valence-electron chi connectivity index (χ4n) is 1.08. The van der Waals surface area contributed by atoms with Crippen molar-refractivity contribution in [3.05, 3.63) is 22.4 Å². The lowest BCUT2D eigenvalue weighted by Crippen LogP contribution is -2.47. The zero-order valence-electron chi connectivity index (χ0n) is 9.38. The fourth-order valence-corrected chi connectivity index (χ4v) is 1.71. The topological polar surface area (TPSA) is 58.2 Å². The van der Waals surface area contributed by atoms with Crippen LogP contribution >= 0.6 is 11.3 Å². The van der Waals surface area contributed by atoms with E-state index in [1.807, 2.05) is 0 Å². The highest BCUT2D eigenvalue weighted by molar-refractivity contribution is 7.12. The molecule has 0 bridgehead atoms. The van der Waals surface area contributed by atoms with Crippen LogP contribution in [0.15, 0.2) is 17.5 Å². The molecule has 18 heavy (non-hydrogen) atoms. The summed E-state index contributed by atoms with van der Waals surface area (Å²) in [4.78, 5) is 23.2. The van der Waals surface area contributed by atoms with Gasteiger partial charge in [0.05, 0.1) is 4.88 Å². The Morgan fingerprint density at radius 2 is 2.11 bits per heavy atom. The number of carbonyl (C=O) groups is 2. The first-order valence-corrected chi connectivity index (χ1v) is 5.86. The predicted octanol–water partition coefficient (Wildman–Crippen LogP) is 1.54. The van der Waals surface area contributed by atoms with Gasteiger partial charge in [0.25, 0.3) is 5.91 Å². The van der Waals surface area contributed by atoms with Gasteiger partial charge in [0, 0.05) is 0 Å². The molecule has 1 atom stereocenters. The molecule has 100 valence electrons. The lowest BCUT2D eigenvalue weighted by molar-refractivity contribution is -0.139. The van der Waals surface area contributed by atoms with E-state index in [-0.39, 0.29) is 0 Å². The first kappa shape index (κ1) is 14.5. The normalized spacial score (nSPS) is 12.9. The second-order valence-electron chi connectivity index (χ2n) is 3.51. The molecule has 4 nitrogen and oxygen atoms in total. The van der Waals surface area contributed by atoms with Gasteiger partial charge in [-0.1, -0.05) is 6.07 Å². The summed E-state index contributed by atoms with van der Waals surface area (Å²) >= 11 is 1.18. The molecule has 1 unspecified atom stereocenters. The van der Waals surface area contributed by atoms with Crippen LogP contribution < -0.4 is 10.6 Å². The molecule has 1 aromatic heterocycles. The minimum absolute atomic E-state index is 0.394. The Hall–Kier alpha value is -1.57. The molecule has 1 rings (SSSR count). The van der Waals surface area contributed by atoms with Gasteiger partial charge in [-0.3, -0.25) is 9.59 Å². The van der Waals surface area contributed by atoms with Crippen LogP contribution in [0.4, 0.5) is 13.2 Å². The van der Waals surface area contributed by atoms with E-state index in [0.29, 0.717) is 4.88 Å². The number of hydrogen-bond donors (Lipinski definition) is 2. The average Bonchev–Trinajstić information content (AvgIpc) is 2.77. The van der Waals surface area contributed by atoms with Crippen molar-refractivity contribution in [3.63, 3.8) is 0 Å². The zero-order chi connectivity index (χ0) is 13.8. The maximum atomic E-state index is 11.9. The average molecular weight is 280 g/mol. The number of carbonyl (C=O) groups excluding carboxylic acids is 2. The Morgan fingerprint density at radius 3 is 2.61 bits per heavy atom. The molecule has 0 aromatic carbocycles. The highest BCUT2D eigenvalue weighted by Gasteiger charge is 2.29. The predicted molar refractivity (Wildman–Crippen MR) is 60.3 cm³/mol. The highest BCUT2D eigenvalue weighted by Crippen LogP contribution is 2.12. The third kappa shape index (κ3) is 4.74. The van der Waals surface area contributed by atoms with E-state index in [1.165, 1.54) is 18.3 Å². The molecule has 0 aliphatic rings. The molecular formula is C10H11F3N2O2S. The fraction of sp³-hybridized carbons (Fsp3) is 0.400. The van der Waals surface area contributed by atoms with Gasteiger partial charge >= 0.3 is 6.18 Å². The quantitative estimate of drug-likeness (QED) is 0.879. The lowest BCUT2D eigenvalue weighted by atomic mass is 10.3. The van der Waals surface area contributed by atoms with Gasteiger partial charge in [-0.15, -0.1) is 11.3 Å². The zero-order valence-corrected chi connectivity index (χ0v) is 10.2. The first-order valence-electron chi connectivity index (χ1n) is 4.98. The molecule has 0 saturated carbocycles. The van der Waals surface area contributed by atoms with Crippen molar-refractivity contribution in [1.82, 2.24) is 10.6 Å². The van der Waals surface area contributed by atoms with Crippen molar-refractivity contribution in [3.8, 4) is 0 Å². The summed E-state index contributed by atoms with van der Waals surface area (Å²) in [6.45, 7) is -0.0950. The van der Waals surface area contributed by atoms with E-state index in [4.69, 9.17) is 0 Å². The van der Waals surface area contributed by atoms with Gasteiger partial charge in [-0.2, -0.15) is 13.2 Å². The third-order valence-corrected chi connectivity index (χ3v) is 2.82. The molecule has 0 fully saturated rings. The number of amides is 2. The molecule has 0 radical (unpaired) electrons. The van der Waals surface area contributed by atoms with Crippen molar-refractivity contribution in [2.24, 2.45) is 0 Å². The third-order valence-electron chi connectivity index (χ3n) is 1.95. The number of thiophene rings is 1. The van der Waals surface area contributed by atoms with Crippen LogP contribution in [0.1, 0.15) is 16.6 Å². The van der Waals surface area contributed by atoms with Crippen molar-refractivity contribution >= 4 is 23.2 Å². The van der Waals surface area contributed by atoms with E-state index in [9.17, 15) is 22.8 Å². The largest absolute Gasteiger partial charge is 0.405 e. The molecule has 2 amide bonds. The highest BCUT2D eigenvalue weighted by atomic mass is 32.1. The summed E-state index contributed by atoms with van der Waals surface area (Å²) in [6.07, 6.45) is -4.47. The Morgan fingerprint density at radius 1 is 1.44 bits per heavy atom. The van der Waals surface area contributed by atoms with Crippen molar-refractivity contribution in [2.75, 3.05) is 6.54 Å². The summed E-state index contributed by atoms with van der Waals surface area (Å²) in [7, 11) is 0. The van der Waals surface area contributed by atoms with Gasteiger partial charge in [-0.05, 0) is 18.4 Å². The first-order chi connectivity index (χ1) is 8.29. The Bertz CT molecular complexity index is 417. The molecule has 0 aliphatic carbocycles. The van der Waals surface area contributed by atoms with Crippen LogP contribution in [0.2, 0.25) is 0 Å². The number of nitrogens with one attached hydrogen (secondary N) is 2. The molecule has 1 heterocycles. The van der Waals surface area contributed by atoms with Gasteiger partial charge < -0.3 is 10.6 Å². The van der Waals surface area contributed by atoms with Gasteiger partial charge in [0.15, 0.2) is 0 Å². The summed E-state index contributed by atoms with van der Waals surface area (Å²) in [6, 6.07) is 2.19. The second kappa shape index (κ2) is 5.85. The Labute approximate surface area is 105 Å². The van der Waals surface area contributed by atoms with E-state index >= 15 is 0 Å². The number of alkyl halides is 3. The van der Waals surface area contributed by atoms with Crippen molar-refractivity contribution < 1.29 is 22.8 Å². The Kier molecular flexibility index (Phi) is 4.71. The minimum atomic E-state index is -4.47. The van der Waals surface area contributed by atoms with Crippen molar-refractivity contribution in [2.45, 2.75) is 19.1 Å². The molecule has 8 heteroatoms. The van der Waals surface area contributed by atoms with Crippen molar-refractivity contribution in [1.29, 1.82) is 0 Å². The molecule has 0 spiro atoms. The molecule has 2 N–H and O–H groups in total. The number of hydrogen-bond acceptors (Lipinski definition) is 3. The number of halogens is 3. The lowest BCUT2D eigenvalue weighted by Gasteiger charge is -2.14. The Balaban J connectivity index is 2.43. The summed E-state index contributed by atoms with van der Waals surface area (Å²) < 4.78 is 35.6. The monoisotopic (exact) mass is 280 g/mol. The smallest absolute Gasteiger partial charge is 0.345 e. The molecular weight excluding hydrogens is 269 g/mol. The molecule has 0 aliphatic heterocycles. The summed E-state index contributed by atoms with van der Waals surface area (Å²) in [5.74, 6) is -1.36. The minimum Gasteiger partial charge on any atom is -0.345 e. The summed E-state index contributed by atoms with van der Waals surface area (Å²) in [5, 5.41) is 5.69. The summed E-state index contributed by atoms with van der Waals surface area (Å²) in [5.41, 5.74) is 0. The van der Waals surface area contributed by atoms with Crippen LogP contribution in [0.3, 0.4) is 0 Å². The van der Waals surface area contributed by atoms with Crippen LogP contribution in [-0.4, -0.2) is 30.6 Å². The SMILES string of the molecule is CC(NC(=O)c1cccs1)C(=O)NCC(F)(F)F. The van der Waals surface area contributed by atoms with Crippen LogP contribution in [0, 0.1) is 0 Å². The van der Waals surface area contributed by atoms with Gasteiger partial charge in [0.1, 0.15) is 12.6 Å². The molecule has 0 saturated heterocycles. The molecule has 1 aromatic rings.